The molecule has 0 aliphatic heterocycles. The number of esters is 1. The number of halogens is 2. The summed E-state index contributed by atoms with van der Waals surface area (Å²) in [4.78, 5) is 24.4. The van der Waals surface area contributed by atoms with Gasteiger partial charge in [-0.15, -0.1) is 0 Å². The number of hydrogen-bond acceptors (Lipinski definition) is 3. The highest BCUT2D eigenvalue weighted by atomic mass is 79.9. The van der Waals surface area contributed by atoms with Gasteiger partial charge >= 0.3 is 5.97 Å². The van der Waals surface area contributed by atoms with Gasteiger partial charge in [-0.3, -0.25) is 4.79 Å². The van der Waals surface area contributed by atoms with E-state index in [9.17, 15) is 9.59 Å². The topological polar surface area (TPSA) is 55.4 Å². The quantitative estimate of drug-likeness (QED) is 0.762. The Morgan fingerprint density at radius 1 is 1.35 bits per heavy atom. The van der Waals surface area contributed by atoms with Crippen LogP contribution in [0.15, 0.2) is 22.7 Å². The Morgan fingerprint density at radius 3 is 2.74 bits per heavy atom. The largest absolute Gasteiger partial charge is 0.449 e. The van der Waals surface area contributed by atoms with Crippen molar-refractivity contribution >= 4 is 39.4 Å². The molecule has 4 nitrogen and oxygen atoms in total. The summed E-state index contributed by atoms with van der Waals surface area (Å²) in [6.07, 6.45) is 3.57. The molecule has 1 aliphatic carbocycles. The lowest BCUT2D eigenvalue weighted by Crippen LogP contribution is -2.46. The van der Waals surface area contributed by atoms with Crippen LogP contribution in [0, 0.1) is 5.92 Å². The molecule has 0 spiro atoms. The van der Waals surface area contributed by atoms with Gasteiger partial charge in [0, 0.05) is 10.5 Å². The van der Waals surface area contributed by atoms with Gasteiger partial charge in [0.25, 0.3) is 5.91 Å². The zero-order valence-electron chi connectivity index (χ0n) is 13.3. The van der Waals surface area contributed by atoms with E-state index in [1.54, 1.807) is 25.1 Å². The third kappa shape index (κ3) is 4.95. The lowest BCUT2D eigenvalue weighted by molar-refractivity contribution is -0.130. The summed E-state index contributed by atoms with van der Waals surface area (Å²) in [5.74, 6) is -0.408. The van der Waals surface area contributed by atoms with Crippen LogP contribution in [0.1, 0.15) is 49.9 Å². The predicted molar refractivity (Wildman–Crippen MR) is 93.6 cm³/mol. The Balaban J connectivity index is 1.94. The molecule has 2 rings (SSSR count). The molecule has 1 aromatic carbocycles. The normalized spacial score (nSPS) is 22.3. The minimum atomic E-state index is -0.855. The van der Waals surface area contributed by atoms with Crippen molar-refractivity contribution in [2.75, 3.05) is 0 Å². The molecule has 6 heteroatoms. The second kappa shape index (κ2) is 8.15. The summed E-state index contributed by atoms with van der Waals surface area (Å²) >= 11 is 9.29. The number of amides is 1. The molecule has 1 fully saturated rings. The molecule has 0 aromatic heterocycles. The maximum absolute atomic E-state index is 12.2. The highest BCUT2D eigenvalue weighted by Gasteiger charge is 2.27. The highest BCUT2D eigenvalue weighted by Crippen LogP contribution is 2.24. The molecule has 23 heavy (non-hydrogen) atoms. The van der Waals surface area contributed by atoms with E-state index in [1.807, 2.05) is 0 Å². The monoisotopic (exact) mass is 401 g/mol. The summed E-state index contributed by atoms with van der Waals surface area (Å²) in [6, 6.07) is 5.08. The van der Waals surface area contributed by atoms with Crippen LogP contribution in [0.2, 0.25) is 5.02 Å². The zero-order valence-corrected chi connectivity index (χ0v) is 15.6. The van der Waals surface area contributed by atoms with Crippen molar-refractivity contribution in [1.82, 2.24) is 5.32 Å². The van der Waals surface area contributed by atoms with Crippen molar-refractivity contribution in [2.24, 2.45) is 5.92 Å². The molecule has 0 saturated heterocycles. The molecule has 1 N–H and O–H groups in total. The van der Waals surface area contributed by atoms with Gasteiger partial charge in [-0.1, -0.05) is 47.3 Å². The van der Waals surface area contributed by atoms with Crippen molar-refractivity contribution in [1.29, 1.82) is 0 Å². The molecular weight excluding hydrogens is 382 g/mol. The molecule has 1 amide bonds. The Bertz CT molecular complexity index is 593. The van der Waals surface area contributed by atoms with Crippen molar-refractivity contribution in [3.8, 4) is 0 Å². The molecule has 1 saturated carbocycles. The van der Waals surface area contributed by atoms with Gasteiger partial charge in [0.15, 0.2) is 6.10 Å². The van der Waals surface area contributed by atoms with E-state index in [2.05, 4.69) is 28.2 Å². The number of ether oxygens (including phenoxy) is 1. The van der Waals surface area contributed by atoms with Gasteiger partial charge in [-0.2, -0.15) is 0 Å². The molecule has 1 aromatic rings. The van der Waals surface area contributed by atoms with Gasteiger partial charge in [0.05, 0.1) is 10.6 Å². The van der Waals surface area contributed by atoms with Gasteiger partial charge in [-0.25, -0.2) is 4.79 Å². The summed E-state index contributed by atoms with van der Waals surface area (Å²) in [5, 5.41) is 3.29. The van der Waals surface area contributed by atoms with Crippen molar-refractivity contribution in [3.05, 3.63) is 33.3 Å². The van der Waals surface area contributed by atoms with Gasteiger partial charge < -0.3 is 10.1 Å². The Hall–Kier alpha value is -1.07. The number of carbonyl (C=O) groups excluding carboxylic acids is 2. The first-order valence-electron chi connectivity index (χ1n) is 7.85. The SMILES string of the molecule is C[C@@H](OC(=O)c1cc(Br)ccc1Cl)C(=O)N[C@@H]1CCCC[C@@H]1C. The van der Waals surface area contributed by atoms with E-state index < -0.39 is 12.1 Å². The number of hydrogen-bond donors (Lipinski definition) is 1. The zero-order chi connectivity index (χ0) is 17.0. The van der Waals surface area contributed by atoms with E-state index in [0.717, 1.165) is 23.7 Å². The summed E-state index contributed by atoms with van der Waals surface area (Å²) < 4.78 is 5.98. The van der Waals surface area contributed by atoms with Crippen molar-refractivity contribution in [2.45, 2.75) is 51.7 Å². The fourth-order valence-corrected chi connectivity index (χ4v) is 3.32. The van der Waals surface area contributed by atoms with E-state index in [0.29, 0.717) is 10.9 Å². The molecule has 0 heterocycles. The molecular formula is C17H21BrClNO3. The first kappa shape index (κ1) is 18.3. The summed E-state index contributed by atoms with van der Waals surface area (Å²) in [7, 11) is 0. The van der Waals surface area contributed by atoms with Crippen molar-refractivity contribution < 1.29 is 14.3 Å². The average molecular weight is 403 g/mol. The van der Waals surface area contributed by atoms with Crippen LogP contribution in [-0.2, 0) is 9.53 Å². The molecule has 0 unspecified atom stereocenters. The maximum atomic E-state index is 12.2. The molecule has 3 atom stereocenters. The minimum absolute atomic E-state index is 0.159. The number of nitrogens with one attached hydrogen (secondary N) is 1. The van der Waals surface area contributed by atoms with Crippen LogP contribution in [-0.4, -0.2) is 24.0 Å². The van der Waals surface area contributed by atoms with Crippen LogP contribution in [0.3, 0.4) is 0 Å². The van der Waals surface area contributed by atoms with E-state index in [4.69, 9.17) is 16.3 Å². The van der Waals surface area contributed by atoms with Crippen LogP contribution in [0.25, 0.3) is 0 Å². The second-order valence-corrected chi connectivity index (χ2v) is 7.37. The molecule has 0 radical (unpaired) electrons. The van der Waals surface area contributed by atoms with E-state index >= 15 is 0 Å². The number of rotatable bonds is 4. The fourth-order valence-electron chi connectivity index (χ4n) is 2.76. The minimum Gasteiger partial charge on any atom is -0.449 e. The van der Waals surface area contributed by atoms with E-state index in [1.165, 1.54) is 6.42 Å². The van der Waals surface area contributed by atoms with Crippen molar-refractivity contribution in [3.63, 3.8) is 0 Å². The lowest BCUT2D eigenvalue weighted by Gasteiger charge is -2.30. The van der Waals surface area contributed by atoms with Gasteiger partial charge in [-0.05, 0) is 43.9 Å². The van der Waals surface area contributed by atoms with Crippen LogP contribution in [0.5, 0.6) is 0 Å². The number of benzene rings is 1. The third-order valence-corrected chi connectivity index (χ3v) is 5.06. The predicted octanol–water partition coefficient (Wildman–Crippen LogP) is 4.34. The molecule has 1 aliphatic rings. The summed E-state index contributed by atoms with van der Waals surface area (Å²) in [6.45, 7) is 3.72. The van der Waals surface area contributed by atoms with E-state index in [-0.39, 0.29) is 17.5 Å². The average Bonchev–Trinajstić information content (AvgIpc) is 2.51. The van der Waals surface area contributed by atoms with Crippen LogP contribution in [0.4, 0.5) is 0 Å². The fraction of sp³-hybridized carbons (Fsp3) is 0.529. The van der Waals surface area contributed by atoms with Gasteiger partial charge in [0.2, 0.25) is 0 Å². The lowest BCUT2D eigenvalue weighted by atomic mass is 9.86. The molecule has 0 bridgehead atoms. The smallest absolute Gasteiger partial charge is 0.340 e. The highest BCUT2D eigenvalue weighted by molar-refractivity contribution is 9.10. The van der Waals surface area contributed by atoms with Gasteiger partial charge in [0.1, 0.15) is 0 Å². The molecule has 126 valence electrons. The third-order valence-electron chi connectivity index (χ3n) is 4.24. The summed E-state index contributed by atoms with van der Waals surface area (Å²) in [5.41, 5.74) is 0.242. The Morgan fingerprint density at radius 2 is 2.04 bits per heavy atom. The number of carbonyl (C=O) groups is 2. The standard InChI is InChI=1S/C17H21BrClNO3/c1-10-5-3-4-6-15(10)20-16(21)11(2)23-17(22)13-9-12(18)7-8-14(13)19/h7-11,15H,3-6H2,1-2H3,(H,20,21)/t10-,11+,15+/m0/s1. The Labute approximate surface area is 150 Å². The first-order chi connectivity index (χ1) is 10.9. The maximum Gasteiger partial charge on any atom is 0.340 e. The van der Waals surface area contributed by atoms with Crippen LogP contribution >= 0.6 is 27.5 Å². The van der Waals surface area contributed by atoms with Crippen LogP contribution < -0.4 is 5.32 Å². The second-order valence-electron chi connectivity index (χ2n) is 6.05. The first-order valence-corrected chi connectivity index (χ1v) is 9.02. The Kier molecular flexibility index (Phi) is 6.48.